The molecule has 23 heavy (non-hydrogen) atoms. The number of rotatable bonds is 3. The van der Waals surface area contributed by atoms with Crippen molar-refractivity contribution in [3.05, 3.63) is 80.6 Å². The van der Waals surface area contributed by atoms with Crippen LogP contribution < -0.4 is 11.1 Å². The standard InChI is InChI=1S/C17H13FN2O3/c1-19-13-4-2-3-5-14(13)20(17(23)16(19)22)10-15(21)11-6-8-12(18)9-7-11/h2-9H,10H2,1H3. The van der Waals surface area contributed by atoms with E-state index in [9.17, 15) is 18.8 Å². The maximum absolute atomic E-state index is 12.9. The van der Waals surface area contributed by atoms with Crippen molar-refractivity contribution >= 4 is 16.8 Å². The molecule has 0 aliphatic rings. The maximum Gasteiger partial charge on any atom is 0.317 e. The van der Waals surface area contributed by atoms with Crippen LogP contribution in [0.1, 0.15) is 10.4 Å². The molecule has 0 atom stereocenters. The van der Waals surface area contributed by atoms with Crippen molar-refractivity contribution in [1.29, 1.82) is 0 Å². The third kappa shape index (κ3) is 2.59. The van der Waals surface area contributed by atoms with E-state index in [0.29, 0.717) is 11.0 Å². The average molecular weight is 312 g/mol. The first-order valence-corrected chi connectivity index (χ1v) is 6.96. The van der Waals surface area contributed by atoms with Crippen LogP contribution in [0.5, 0.6) is 0 Å². The van der Waals surface area contributed by atoms with Crippen molar-refractivity contribution in [3.8, 4) is 0 Å². The van der Waals surface area contributed by atoms with Gasteiger partial charge in [0, 0.05) is 12.6 Å². The van der Waals surface area contributed by atoms with Gasteiger partial charge in [-0.05, 0) is 36.4 Å². The lowest BCUT2D eigenvalue weighted by Crippen LogP contribution is -2.41. The lowest BCUT2D eigenvalue weighted by atomic mass is 10.1. The van der Waals surface area contributed by atoms with Gasteiger partial charge >= 0.3 is 11.1 Å². The quantitative estimate of drug-likeness (QED) is 0.546. The van der Waals surface area contributed by atoms with E-state index < -0.39 is 16.9 Å². The lowest BCUT2D eigenvalue weighted by molar-refractivity contribution is 0.0972. The number of ketones is 1. The summed E-state index contributed by atoms with van der Waals surface area (Å²) in [6.07, 6.45) is 0. The molecule has 2 aromatic carbocycles. The summed E-state index contributed by atoms with van der Waals surface area (Å²) in [6, 6.07) is 11.9. The number of halogens is 1. The van der Waals surface area contributed by atoms with Crippen molar-refractivity contribution in [2.75, 3.05) is 0 Å². The number of aromatic nitrogens is 2. The third-order valence-electron chi connectivity index (χ3n) is 3.73. The van der Waals surface area contributed by atoms with E-state index in [4.69, 9.17) is 0 Å². The van der Waals surface area contributed by atoms with Crippen LogP contribution in [0, 0.1) is 5.82 Å². The summed E-state index contributed by atoms with van der Waals surface area (Å²) in [5, 5.41) is 0. The molecular weight excluding hydrogens is 299 g/mol. The molecule has 6 heteroatoms. The predicted octanol–water partition coefficient (Wildman–Crippen LogP) is 1.72. The van der Waals surface area contributed by atoms with Crippen molar-refractivity contribution in [1.82, 2.24) is 9.13 Å². The summed E-state index contributed by atoms with van der Waals surface area (Å²) in [6.45, 7) is -0.277. The molecule has 0 unspecified atom stereocenters. The van der Waals surface area contributed by atoms with Crippen LogP contribution in [0.15, 0.2) is 58.1 Å². The Kier molecular flexibility index (Phi) is 3.65. The van der Waals surface area contributed by atoms with Crippen molar-refractivity contribution < 1.29 is 9.18 Å². The van der Waals surface area contributed by atoms with E-state index in [1.54, 1.807) is 24.3 Å². The number of aryl methyl sites for hydroxylation is 1. The first-order chi connectivity index (χ1) is 11.0. The minimum atomic E-state index is -0.762. The Balaban J connectivity index is 2.13. The largest absolute Gasteiger partial charge is 0.317 e. The highest BCUT2D eigenvalue weighted by atomic mass is 19.1. The van der Waals surface area contributed by atoms with Gasteiger partial charge in [-0.2, -0.15) is 0 Å². The minimum absolute atomic E-state index is 0.277. The number of carbonyl (C=O) groups is 1. The van der Waals surface area contributed by atoms with Crippen LogP contribution >= 0.6 is 0 Å². The number of hydrogen-bond donors (Lipinski definition) is 0. The van der Waals surface area contributed by atoms with Gasteiger partial charge < -0.3 is 4.57 Å². The number of nitrogens with zero attached hydrogens (tertiary/aromatic N) is 2. The molecule has 3 rings (SSSR count). The Morgan fingerprint density at radius 1 is 0.957 bits per heavy atom. The van der Waals surface area contributed by atoms with E-state index in [2.05, 4.69) is 0 Å². The highest BCUT2D eigenvalue weighted by molar-refractivity contribution is 5.96. The van der Waals surface area contributed by atoms with Gasteiger partial charge in [-0.1, -0.05) is 12.1 Å². The van der Waals surface area contributed by atoms with Gasteiger partial charge in [-0.3, -0.25) is 19.0 Å². The molecule has 116 valence electrons. The van der Waals surface area contributed by atoms with Crippen molar-refractivity contribution in [2.24, 2.45) is 7.05 Å². The van der Waals surface area contributed by atoms with Crippen LogP contribution in [0.3, 0.4) is 0 Å². The van der Waals surface area contributed by atoms with Crippen LogP contribution in [0.25, 0.3) is 11.0 Å². The molecule has 0 bridgehead atoms. The summed E-state index contributed by atoms with van der Waals surface area (Å²) in [7, 11) is 1.51. The van der Waals surface area contributed by atoms with E-state index in [1.165, 1.54) is 35.9 Å². The summed E-state index contributed by atoms with van der Waals surface area (Å²) in [5.41, 5.74) is -0.126. The molecule has 0 spiro atoms. The zero-order valence-electron chi connectivity index (χ0n) is 12.3. The smallest absolute Gasteiger partial charge is 0.305 e. The first-order valence-electron chi connectivity index (χ1n) is 6.96. The van der Waals surface area contributed by atoms with Crippen molar-refractivity contribution in [3.63, 3.8) is 0 Å². The lowest BCUT2D eigenvalue weighted by Gasteiger charge is -2.11. The van der Waals surface area contributed by atoms with Gasteiger partial charge in [0.1, 0.15) is 5.82 Å². The van der Waals surface area contributed by atoms with E-state index in [1.807, 2.05) is 0 Å². The number of para-hydroxylation sites is 2. The van der Waals surface area contributed by atoms with Crippen LogP contribution in [-0.2, 0) is 13.6 Å². The number of benzene rings is 2. The minimum Gasteiger partial charge on any atom is -0.305 e. The molecule has 0 saturated carbocycles. The fraction of sp³-hybridized carbons (Fsp3) is 0.118. The SMILES string of the molecule is Cn1c(=O)c(=O)n(CC(=O)c2ccc(F)cc2)c2ccccc21. The van der Waals surface area contributed by atoms with Gasteiger partial charge in [0.15, 0.2) is 5.78 Å². The van der Waals surface area contributed by atoms with Crippen LogP contribution in [0.4, 0.5) is 4.39 Å². The van der Waals surface area contributed by atoms with Gasteiger partial charge in [0.2, 0.25) is 0 Å². The fourth-order valence-corrected chi connectivity index (χ4v) is 2.48. The van der Waals surface area contributed by atoms with E-state index in [0.717, 1.165) is 4.57 Å². The fourth-order valence-electron chi connectivity index (χ4n) is 2.48. The molecular formula is C17H13FN2O3. The normalized spacial score (nSPS) is 10.9. The zero-order chi connectivity index (χ0) is 16.6. The third-order valence-corrected chi connectivity index (χ3v) is 3.73. The van der Waals surface area contributed by atoms with Crippen LogP contribution in [0.2, 0.25) is 0 Å². The topological polar surface area (TPSA) is 61.1 Å². The Labute approximate surface area is 130 Å². The molecule has 0 radical (unpaired) electrons. The second-order valence-electron chi connectivity index (χ2n) is 5.17. The molecule has 0 amide bonds. The van der Waals surface area contributed by atoms with E-state index in [-0.39, 0.29) is 17.9 Å². The zero-order valence-corrected chi connectivity index (χ0v) is 12.3. The van der Waals surface area contributed by atoms with Gasteiger partial charge in [-0.25, -0.2) is 4.39 Å². The summed E-state index contributed by atoms with van der Waals surface area (Å²) < 4.78 is 15.4. The Bertz CT molecular complexity index is 1020. The molecule has 0 aliphatic heterocycles. The van der Waals surface area contributed by atoms with Crippen LogP contribution in [-0.4, -0.2) is 14.9 Å². The molecule has 3 aromatic rings. The van der Waals surface area contributed by atoms with Gasteiger partial charge in [0.25, 0.3) is 0 Å². The monoisotopic (exact) mass is 312 g/mol. The molecule has 0 saturated heterocycles. The summed E-state index contributed by atoms with van der Waals surface area (Å²) >= 11 is 0. The summed E-state index contributed by atoms with van der Waals surface area (Å²) in [4.78, 5) is 36.6. The maximum atomic E-state index is 12.9. The first kappa shape index (κ1) is 14.9. The second-order valence-corrected chi connectivity index (χ2v) is 5.17. The number of hydrogen-bond acceptors (Lipinski definition) is 3. The van der Waals surface area contributed by atoms with Gasteiger partial charge in [-0.15, -0.1) is 0 Å². The number of Topliss-reactive ketones (excluding diaryl/α,β-unsaturated/α-hetero) is 1. The average Bonchev–Trinajstić information content (AvgIpc) is 2.57. The van der Waals surface area contributed by atoms with Gasteiger partial charge in [0.05, 0.1) is 17.6 Å². The molecule has 0 fully saturated rings. The highest BCUT2D eigenvalue weighted by Crippen LogP contribution is 2.11. The Morgan fingerprint density at radius 2 is 1.57 bits per heavy atom. The predicted molar refractivity (Wildman–Crippen MR) is 84.2 cm³/mol. The molecule has 1 heterocycles. The van der Waals surface area contributed by atoms with Crippen molar-refractivity contribution in [2.45, 2.75) is 6.54 Å². The Hall–Kier alpha value is -3.02. The van der Waals surface area contributed by atoms with E-state index >= 15 is 0 Å². The second kappa shape index (κ2) is 5.64. The highest BCUT2D eigenvalue weighted by Gasteiger charge is 2.14. The molecule has 5 nitrogen and oxygen atoms in total. The number of fused-ring (bicyclic) bond motifs is 1. The molecule has 0 aliphatic carbocycles. The Morgan fingerprint density at radius 3 is 2.22 bits per heavy atom. The summed E-state index contributed by atoms with van der Waals surface area (Å²) in [5.74, 6) is -0.816. The number of carbonyl (C=O) groups excluding carboxylic acids is 1. The molecule has 1 aromatic heterocycles. The molecule has 0 N–H and O–H groups in total.